The van der Waals surface area contributed by atoms with Gasteiger partial charge in [-0.1, -0.05) is 6.47 Å². The van der Waals surface area contributed by atoms with Gasteiger partial charge in [-0.05, 0) is 19.9 Å². The standard InChI is InChI=1S/C6H8N2O.C2H3O2.W/c1-4-3-5(2)8-6(9)7-4;1-4-2-3;/h3H,1-2H3,(H,7,8,9);1H3;/q;-1;. The molecule has 0 unspecified atom stereocenters. The Labute approximate surface area is 96.8 Å². The van der Waals surface area contributed by atoms with Crippen LogP contribution < -0.4 is 0 Å². The molecule has 1 rings (SSSR count). The van der Waals surface area contributed by atoms with Crippen LogP contribution in [0.25, 0.3) is 0 Å². The largest absolute Gasteiger partial charge is 0.655 e. The average Bonchev–Trinajstić information content (AvgIpc) is 2.02. The molecule has 0 saturated carbocycles. The van der Waals surface area contributed by atoms with Crippen LogP contribution in [-0.2, 0) is 30.6 Å². The summed E-state index contributed by atoms with van der Waals surface area (Å²) in [6.07, 6.45) is 0. The van der Waals surface area contributed by atoms with E-state index < -0.39 is 0 Å². The summed E-state index contributed by atoms with van der Waals surface area (Å²) in [6, 6.07) is 1.66. The van der Waals surface area contributed by atoms with Crippen molar-refractivity contribution >= 4 is 6.47 Å². The van der Waals surface area contributed by atoms with E-state index in [1.165, 1.54) is 13.6 Å². The minimum Gasteiger partial charge on any atom is -0.655 e. The Bertz CT molecular complexity index is 231. The molecule has 78 valence electrons. The molecule has 0 radical (unpaired) electrons. The van der Waals surface area contributed by atoms with Crippen LogP contribution in [0.4, 0.5) is 0 Å². The second kappa shape index (κ2) is 8.63. The maximum atomic E-state index is 8.83. The molecule has 0 spiro atoms. The summed E-state index contributed by atoms with van der Waals surface area (Å²) in [7, 11) is 1.26. The van der Waals surface area contributed by atoms with Crippen molar-refractivity contribution in [1.82, 2.24) is 9.97 Å². The van der Waals surface area contributed by atoms with Gasteiger partial charge in [-0.15, -0.1) is 0 Å². The van der Waals surface area contributed by atoms with Crippen LogP contribution in [0.15, 0.2) is 6.07 Å². The molecule has 1 N–H and O–H groups in total. The Hall–Kier alpha value is -0.962. The van der Waals surface area contributed by atoms with E-state index in [1.54, 1.807) is 6.07 Å². The van der Waals surface area contributed by atoms with Crippen LogP contribution >= 0.6 is 0 Å². The molecular formula is C8H11N2O3W-. The maximum Gasteiger partial charge on any atom is 0.314 e. The number of ether oxygens (including phenoxy) is 1. The Morgan fingerprint density at radius 2 is 1.71 bits per heavy atom. The average molecular weight is 367 g/mol. The molecule has 0 bridgehead atoms. The van der Waals surface area contributed by atoms with E-state index in [4.69, 9.17) is 9.90 Å². The third-order valence-electron chi connectivity index (χ3n) is 1.05. The molecule has 1 aromatic heterocycles. The number of methoxy groups -OCH3 is 1. The Morgan fingerprint density at radius 1 is 1.36 bits per heavy atom. The van der Waals surface area contributed by atoms with Crippen molar-refractivity contribution in [2.45, 2.75) is 13.8 Å². The third kappa shape index (κ3) is 7.68. The molecule has 0 fully saturated rings. The van der Waals surface area contributed by atoms with Crippen LogP contribution in [0.3, 0.4) is 0 Å². The topological polar surface area (TPSA) is 72.3 Å². The number of nitrogens with zero attached hydrogens (tertiary/aromatic N) is 2. The Balaban J connectivity index is 0. The van der Waals surface area contributed by atoms with Crippen molar-refractivity contribution < 1.29 is 35.7 Å². The quantitative estimate of drug-likeness (QED) is 0.732. The molecule has 14 heavy (non-hydrogen) atoms. The minimum absolute atomic E-state index is 0. The van der Waals surface area contributed by atoms with Gasteiger partial charge in [0.2, 0.25) is 0 Å². The predicted molar refractivity (Wildman–Crippen MR) is 45.9 cm³/mol. The van der Waals surface area contributed by atoms with E-state index in [9.17, 15) is 0 Å². The number of carbonyl (C=O) groups excluding carboxylic acids is 1. The molecule has 6 heteroatoms. The molecule has 1 heterocycles. The van der Waals surface area contributed by atoms with Gasteiger partial charge >= 0.3 is 6.01 Å². The second-order valence-electron chi connectivity index (χ2n) is 2.24. The van der Waals surface area contributed by atoms with Gasteiger partial charge in [0.1, 0.15) is 0 Å². The molecule has 5 nitrogen and oxygen atoms in total. The first kappa shape index (κ1) is 15.5. The van der Waals surface area contributed by atoms with Gasteiger partial charge in [0.15, 0.2) is 0 Å². The smallest absolute Gasteiger partial charge is 0.314 e. The number of hydrogen-bond donors (Lipinski definition) is 1. The van der Waals surface area contributed by atoms with E-state index in [2.05, 4.69) is 14.7 Å². The van der Waals surface area contributed by atoms with Crippen molar-refractivity contribution in [3.05, 3.63) is 17.5 Å². The molecule has 0 aromatic carbocycles. The fourth-order valence-electron chi connectivity index (χ4n) is 0.707. The van der Waals surface area contributed by atoms with Gasteiger partial charge in [-0.25, -0.2) is 9.97 Å². The van der Waals surface area contributed by atoms with Crippen LogP contribution in [0.2, 0.25) is 0 Å². The summed E-state index contributed by atoms with van der Waals surface area (Å²) < 4.78 is 3.74. The number of hydrogen-bond acceptors (Lipinski definition) is 5. The molecule has 0 saturated heterocycles. The second-order valence-corrected chi connectivity index (χ2v) is 2.24. The predicted octanol–water partition coefficient (Wildman–Crippen LogP) is 0.497. The number of rotatable bonds is 1. The summed E-state index contributed by atoms with van der Waals surface area (Å²) in [5.41, 5.74) is 1.58. The minimum atomic E-state index is -0.146. The van der Waals surface area contributed by atoms with E-state index in [0.717, 1.165) is 11.4 Å². The van der Waals surface area contributed by atoms with Gasteiger partial charge < -0.3 is 14.6 Å². The molecule has 1 aromatic rings. The normalized spacial score (nSPS) is 7.64. The molecule has 0 aliphatic carbocycles. The first-order valence-electron chi connectivity index (χ1n) is 3.51. The van der Waals surface area contributed by atoms with Crippen LogP contribution in [0, 0.1) is 13.8 Å². The SMILES string of the molecule is CO[C-]=O.Cc1cc(C)nc(O)n1.[W]. The van der Waals surface area contributed by atoms with Crippen LogP contribution in [0.5, 0.6) is 6.01 Å². The number of aryl methyl sites for hydroxylation is 2. The molecule has 0 aliphatic rings. The monoisotopic (exact) mass is 367 g/mol. The zero-order valence-electron chi connectivity index (χ0n) is 8.14. The van der Waals surface area contributed by atoms with E-state index in [-0.39, 0.29) is 27.1 Å². The first-order chi connectivity index (χ1) is 6.10. The first-order valence-corrected chi connectivity index (χ1v) is 3.51. The van der Waals surface area contributed by atoms with Crippen molar-refractivity contribution in [2.24, 2.45) is 0 Å². The Morgan fingerprint density at radius 3 is 1.93 bits per heavy atom. The molecule has 0 aliphatic heterocycles. The summed E-state index contributed by atoms with van der Waals surface area (Å²) in [6.45, 7) is 4.81. The summed E-state index contributed by atoms with van der Waals surface area (Å²) in [5.74, 6) is 0. The van der Waals surface area contributed by atoms with E-state index in [1.807, 2.05) is 13.8 Å². The summed E-state index contributed by atoms with van der Waals surface area (Å²) in [4.78, 5) is 16.2. The summed E-state index contributed by atoms with van der Waals surface area (Å²) in [5, 5.41) is 8.77. The van der Waals surface area contributed by atoms with Gasteiger partial charge in [-0.2, -0.15) is 0 Å². The van der Waals surface area contributed by atoms with Gasteiger partial charge in [0.25, 0.3) is 0 Å². The van der Waals surface area contributed by atoms with Gasteiger partial charge in [-0.3, -0.25) is 0 Å². The van der Waals surface area contributed by atoms with Crippen LogP contribution in [-0.4, -0.2) is 28.7 Å². The van der Waals surface area contributed by atoms with Crippen molar-refractivity contribution in [3.63, 3.8) is 0 Å². The maximum absolute atomic E-state index is 8.83. The fourth-order valence-corrected chi connectivity index (χ4v) is 0.707. The molecule has 0 atom stereocenters. The zero-order valence-corrected chi connectivity index (χ0v) is 11.1. The zero-order chi connectivity index (χ0) is 10.3. The van der Waals surface area contributed by atoms with Gasteiger partial charge in [0.05, 0.1) is 0 Å². The summed E-state index contributed by atoms with van der Waals surface area (Å²) >= 11 is 0. The van der Waals surface area contributed by atoms with E-state index in [0.29, 0.717) is 0 Å². The molecule has 0 amide bonds. The fraction of sp³-hybridized carbons (Fsp3) is 0.375. The van der Waals surface area contributed by atoms with Crippen molar-refractivity contribution in [3.8, 4) is 6.01 Å². The van der Waals surface area contributed by atoms with Crippen molar-refractivity contribution in [1.29, 1.82) is 0 Å². The van der Waals surface area contributed by atoms with Gasteiger partial charge in [0, 0.05) is 39.6 Å². The number of aromatic nitrogens is 2. The third-order valence-corrected chi connectivity index (χ3v) is 1.05. The number of aromatic hydroxyl groups is 1. The van der Waals surface area contributed by atoms with Crippen molar-refractivity contribution in [2.75, 3.05) is 7.11 Å². The van der Waals surface area contributed by atoms with Crippen LogP contribution in [0.1, 0.15) is 11.4 Å². The van der Waals surface area contributed by atoms with E-state index >= 15 is 0 Å². The molecular weight excluding hydrogens is 356 g/mol. The Kier molecular flexibility index (Phi) is 9.56.